The molecule has 0 aromatic heterocycles. The standard InChI is InChI=1S/C14H17NO4/c1-10-4-3-5-12(8-10)15-13(17)9-19-14(18)7-6-11(2)16/h3-5,8H,6-7,9H2,1-2H3,(H,15,17). The topological polar surface area (TPSA) is 72.5 Å². The summed E-state index contributed by atoms with van der Waals surface area (Å²) in [5.41, 5.74) is 1.68. The summed E-state index contributed by atoms with van der Waals surface area (Å²) in [6.45, 7) is 2.97. The number of ether oxygens (including phenoxy) is 1. The molecule has 0 atom stereocenters. The number of anilines is 1. The third-order valence-electron chi connectivity index (χ3n) is 2.35. The van der Waals surface area contributed by atoms with Crippen LogP contribution in [0, 0.1) is 6.92 Å². The largest absolute Gasteiger partial charge is 0.456 e. The Bertz CT molecular complexity index is 482. The number of ketones is 1. The van der Waals surface area contributed by atoms with Crippen molar-refractivity contribution in [1.82, 2.24) is 0 Å². The molecule has 0 unspecified atom stereocenters. The van der Waals surface area contributed by atoms with E-state index in [1.807, 2.05) is 25.1 Å². The first kappa shape index (κ1) is 14.9. The highest BCUT2D eigenvalue weighted by Gasteiger charge is 2.08. The Morgan fingerprint density at radius 3 is 2.58 bits per heavy atom. The maximum absolute atomic E-state index is 11.5. The van der Waals surface area contributed by atoms with Gasteiger partial charge in [-0.1, -0.05) is 12.1 Å². The van der Waals surface area contributed by atoms with Crippen LogP contribution in [0.3, 0.4) is 0 Å². The number of benzene rings is 1. The van der Waals surface area contributed by atoms with Crippen LogP contribution in [0.25, 0.3) is 0 Å². The van der Waals surface area contributed by atoms with E-state index in [-0.39, 0.29) is 25.2 Å². The lowest BCUT2D eigenvalue weighted by Gasteiger charge is -2.06. The van der Waals surface area contributed by atoms with Gasteiger partial charge in [0.1, 0.15) is 5.78 Å². The van der Waals surface area contributed by atoms with Gasteiger partial charge in [0.05, 0.1) is 6.42 Å². The Morgan fingerprint density at radius 1 is 1.21 bits per heavy atom. The van der Waals surface area contributed by atoms with Crippen molar-refractivity contribution in [2.75, 3.05) is 11.9 Å². The average molecular weight is 263 g/mol. The lowest BCUT2D eigenvalue weighted by molar-refractivity contribution is -0.148. The van der Waals surface area contributed by atoms with Crippen molar-refractivity contribution < 1.29 is 19.1 Å². The van der Waals surface area contributed by atoms with Gasteiger partial charge in [-0.3, -0.25) is 9.59 Å². The molecule has 1 N–H and O–H groups in total. The number of rotatable bonds is 6. The molecule has 0 aliphatic carbocycles. The predicted octanol–water partition coefficient (Wildman–Crippen LogP) is 1.85. The number of esters is 1. The number of aryl methyl sites for hydroxylation is 1. The number of hydrogen-bond donors (Lipinski definition) is 1. The van der Waals surface area contributed by atoms with Crippen LogP contribution in [-0.4, -0.2) is 24.3 Å². The first-order chi connectivity index (χ1) is 8.97. The molecule has 19 heavy (non-hydrogen) atoms. The SMILES string of the molecule is CC(=O)CCC(=O)OCC(=O)Nc1cccc(C)c1. The maximum Gasteiger partial charge on any atom is 0.306 e. The van der Waals surface area contributed by atoms with E-state index in [1.54, 1.807) is 6.07 Å². The zero-order valence-electron chi connectivity index (χ0n) is 11.1. The van der Waals surface area contributed by atoms with Gasteiger partial charge < -0.3 is 14.8 Å². The summed E-state index contributed by atoms with van der Waals surface area (Å²) in [6.07, 6.45) is 0.144. The zero-order chi connectivity index (χ0) is 14.3. The fourth-order valence-electron chi connectivity index (χ4n) is 1.42. The van der Waals surface area contributed by atoms with Crippen molar-refractivity contribution in [1.29, 1.82) is 0 Å². The molecule has 102 valence electrons. The van der Waals surface area contributed by atoms with E-state index >= 15 is 0 Å². The number of nitrogens with one attached hydrogen (secondary N) is 1. The molecule has 0 fully saturated rings. The summed E-state index contributed by atoms with van der Waals surface area (Å²) in [5.74, 6) is -1.03. The Hall–Kier alpha value is -2.17. The van der Waals surface area contributed by atoms with Gasteiger partial charge >= 0.3 is 5.97 Å². The Labute approximate surface area is 111 Å². The number of hydrogen-bond acceptors (Lipinski definition) is 4. The quantitative estimate of drug-likeness (QED) is 0.795. The Morgan fingerprint density at radius 2 is 1.95 bits per heavy atom. The summed E-state index contributed by atoms with van der Waals surface area (Å²) >= 11 is 0. The summed E-state index contributed by atoms with van der Waals surface area (Å²) in [7, 11) is 0. The van der Waals surface area contributed by atoms with Crippen LogP contribution in [0.15, 0.2) is 24.3 Å². The lowest BCUT2D eigenvalue weighted by atomic mass is 10.2. The van der Waals surface area contributed by atoms with E-state index in [0.29, 0.717) is 5.69 Å². The van der Waals surface area contributed by atoms with Gasteiger partial charge in [-0.05, 0) is 31.5 Å². The van der Waals surface area contributed by atoms with Crippen molar-refractivity contribution in [3.63, 3.8) is 0 Å². The first-order valence-corrected chi connectivity index (χ1v) is 5.99. The number of amides is 1. The maximum atomic E-state index is 11.5. The smallest absolute Gasteiger partial charge is 0.306 e. The van der Waals surface area contributed by atoms with Crippen molar-refractivity contribution in [2.45, 2.75) is 26.7 Å². The van der Waals surface area contributed by atoms with Crippen LogP contribution in [0.2, 0.25) is 0 Å². The summed E-state index contributed by atoms with van der Waals surface area (Å²) < 4.78 is 4.75. The van der Waals surface area contributed by atoms with Crippen LogP contribution in [0.4, 0.5) is 5.69 Å². The highest BCUT2D eigenvalue weighted by atomic mass is 16.5. The van der Waals surface area contributed by atoms with Gasteiger partial charge in [-0.15, -0.1) is 0 Å². The van der Waals surface area contributed by atoms with Crippen molar-refractivity contribution in [2.24, 2.45) is 0 Å². The number of carbonyl (C=O) groups excluding carboxylic acids is 3. The Balaban J connectivity index is 2.32. The second-order valence-corrected chi connectivity index (χ2v) is 4.28. The first-order valence-electron chi connectivity index (χ1n) is 5.99. The van der Waals surface area contributed by atoms with E-state index in [4.69, 9.17) is 4.74 Å². The van der Waals surface area contributed by atoms with Crippen LogP contribution in [0.5, 0.6) is 0 Å². The van der Waals surface area contributed by atoms with E-state index in [0.717, 1.165) is 5.56 Å². The molecule has 1 aromatic carbocycles. The van der Waals surface area contributed by atoms with Crippen molar-refractivity contribution >= 4 is 23.3 Å². The van der Waals surface area contributed by atoms with Crippen molar-refractivity contribution in [3.05, 3.63) is 29.8 Å². The van der Waals surface area contributed by atoms with Crippen LogP contribution >= 0.6 is 0 Å². The molecule has 0 bridgehead atoms. The second kappa shape index (κ2) is 7.31. The van der Waals surface area contributed by atoms with E-state index in [2.05, 4.69) is 5.32 Å². The lowest BCUT2D eigenvalue weighted by Crippen LogP contribution is -2.21. The average Bonchev–Trinajstić information content (AvgIpc) is 2.34. The van der Waals surface area contributed by atoms with E-state index < -0.39 is 11.9 Å². The minimum absolute atomic E-state index is 0.00700. The molecule has 0 aliphatic rings. The van der Waals surface area contributed by atoms with Gasteiger partial charge in [0.2, 0.25) is 0 Å². The molecule has 1 rings (SSSR count). The molecule has 1 amide bonds. The minimum Gasteiger partial charge on any atom is -0.456 e. The van der Waals surface area contributed by atoms with Crippen LogP contribution in [0.1, 0.15) is 25.3 Å². The van der Waals surface area contributed by atoms with Crippen LogP contribution in [-0.2, 0) is 19.1 Å². The molecule has 0 saturated carbocycles. The molecule has 5 heteroatoms. The summed E-state index contributed by atoms with van der Waals surface area (Å²) in [4.78, 5) is 33.4. The fourth-order valence-corrected chi connectivity index (χ4v) is 1.42. The molecule has 0 aliphatic heterocycles. The molecule has 0 saturated heterocycles. The molecular weight excluding hydrogens is 246 g/mol. The minimum atomic E-state index is -0.547. The fraction of sp³-hybridized carbons (Fsp3) is 0.357. The van der Waals surface area contributed by atoms with Gasteiger partial charge in [-0.2, -0.15) is 0 Å². The summed E-state index contributed by atoms with van der Waals surface area (Å²) in [6, 6.07) is 7.30. The Kier molecular flexibility index (Phi) is 5.73. The second-order valence-electron chi connectivity index (χ2n) is 4.28. The highest BCUT2D eigenvalue weighted by molar-refractivity contribution is 5.93. The van der Waals surface area contributed by atoms with E-state index in [1.165, 1.54) is 6.92 Å². The van der Waals surface area contributed by atoms with Gasteiger partial charge in [0, 0.05) is 12.1 Å². The third-order valence-corrected chi connectivity index (χ3v) is 2.35. The summed E-state index contributed by atoms with van der Waals surface area (Å²) in [5, 5.41) is 2.62. The normalized spacial score (nSPS) is 9.79. The molecular formula is C14H17NO4. The molecule has 1 aromatic rings. The van der Waals surface area contributed by atoms with Crippen LogP contribution < -0.4 is 5.32 Å². The molecule has 0 spiro atoms. The monoisotopic (exact) mass is 263 g/mol. The third kappa shape index (κ3) is 6.35. The highest BCUT2D eigenvalue weighted by Crippen LogP contribution is 2.09. The number of carbonyl (C=O) groups is 3. The number of Topliss-reactive ketones (excluding diaryl/α,β-unsaturated/α-hetero) is 1. The zero-order valence-corrected chi connectivity index (χ0v) is 11.1. The van der Waals surface area contributed by atoms with E-state index in [9.17, 15) is 14.4 Å². The van der Waals surface area contributed by atoms with Crippen molar-refractivity contribution in [3.8, 4) is 0 Å². The predicted molar refractivity (Wildman–Crippen MR) is 70.7 cm³/mol. The molecule has 0 radical (unpaired) electrons. The molecule has 0 heterocycles. The van der Waals surface area contributed by atoms with Gasteiger partial charge in [-0.25, -0.2) is 0 Å². The molecule has 5 nitrogen and oxygen atoms in total. The van der Waals surface area contributed by atoms with Gasteiger partial charge in [0.25, 0.3) is 5.91 Å². The van der Waals surface area contributed by atoms with Gasteiger partial charge in [0.15, 0.2) is 6.61 Å².